The van der Waals surface area contributed by atoms with Crippen molar-refractivity contribution >= 4 is 15.5 Å². The van der Waals surface area contributed by atoms with Gasteiger partial charge in [0, 0.05) is 18.0 Å². The minimum absolute atomic E-state index is 0.339. The molecule has 0 heterocycles. The first-order valence-corrected chi connectivity index (χ1v) is 9.43. The zero-order valence-corrected chi connectivity index (χ0v) is 14.5. The van der Waals surface area contributed by atoms with Gasteiger partial charge in [0.2, 0.25) is 0 Å². The van der Waals surface area contributed by atoms with E-state index in [9.17, 15) is 8.42 Å². The zero-order chi connectivity index (χ0) is 15.9. The summed E-state index contributed by atoms with van der Waals surface area (Å²) >= 11 is 0. The van der Waals surface area contributed by atoms with Crippen molar-refractivity contribution < 1.29 is 8.42 Å². The fourth-order valence-electron chi connectivity index (χ4n) is 3.98. The Kier molecular flexibility index (Phi) is 4.13. The van der Waals surface area contributed by atoms with E-state index in [1.807, 2.05) is 12.1 Å². The predicted octanol–water partition coefficient (Wildman–Crippen LogP) is 4.11. The number of anilines is 1. The van der Waals surface area contributed by atoms with E-state index in [4.69, 9.17) is 0 Å². The van der Waals surface area contributed by atoms with Crippen molar-refractivity contribution in [3.05, 3.63) is 24.3 Å². The van der Waals surface area contributed by atoms with E-state index >= 15 is 0 Å². The Morgan fingerprint density at radius 1 is 1.00 bits per heavy atom. The first-order chi connectivity index (χ1) is 9.47. The van der Waals surface area contributed by atoms with Crippen molar-refractivity contribution in [1.29, 1.82) is 0 Å². The van der Waals surface area contributed by atoms with E-state index in [2.05, 4.69) is 33.0 Å². The number of nitrogens with one attached hydrogen (secondary N) is 1. The van der Waals surface area contributed by atoms with Crippen LogP contribution in [0.25, 0.3) is 0 Å². The molecule has 0 radical (unpaired) electrons. The maximum Gasteiger partial charge on any atom is 0.175 e. The van der Waals surface area contributed by atoms with Gasteiger partial charge in [0.25, 0.3) is 0 Å². The van der Waals surface area contributed by atoms with Crippen LogP contribution in [0.1, 0.15) is 47.0 Å². The quantitative estimate of drug-likeness (QED) is 0.914. The van der Waals surface area contributed by atoms with E-state index in [1.54, 1.807) is 12.1 Å². The molecule has 1 aromatic carbocycles. The van der Waals surface area contributed by atoms with Gasteiger partial charge in [-0.15, -0.1) is 0 Å². The molecule has 0 atom stereocenters. The smallest absolute Gasteiger partial charge is 0.175 e. The van der Waals surface area contributed by atoms with Crippen LogP contribution in [0.5, 0.6) is 0 Å². The third kappa shape index (κ3) is 4.47. The van der Waals surface area contributed by atoms with Gasteiger partial charge in [0.15, 0.2) is 9.84 Å². The molecule has 3 nitrogen and oxygen atoms in total. The van der Waals surface area contributed by atoms with Gasteiger partial charge in [0.05, 0.1) is 4.90 Å². The summed E-state index contributed by atoms with van der Waals surface area (Å²) in [4.78, 5) is 0.373. The third-order valence-electron chi connectivity index (χ3n) is 4.21. The summed E-state index contributed by atoms with van der Waals surface area (Å²) < 4.78 is 23.0. The second kappa shape index (κ2) is 5.31. The largest absolute Gasteiger partial charge is 0.382 e. The van der Waals surface area contributed by atoms with Crippen LogP contribution >= 0.6 is 0 Å². The maximum atomic E-state index is 11.5. The Morgan fingerprint density at radius 2 is 1.48 bits per heavy atom. The van der Waals surface area contributed by atoms with Crippen molar-refractivity contribution in [2.45, 2.75) is 57.9 Å². The fourth-order valence-corrected chi connectivity index (χ4v) is 4.61. The molecule has 1 N–H and O–H groups in total. The predicted molar refractivity (Wildman–Crippen MR) is 88.4 cm³/mol. The molecule has 118 valence electrons. The molecule has 21 heavy (non-hydrogen) atoms. The van der Waals surface area contributed by atoms with Crippen LogP contribution in [0, 0.1) is 10.8 Å². The summed E-state index contributed by atoms with van der Waals surface area (Å²) in [6.45, 7) is 9.31. The van der Waals surface area contributed by atoms with Gasteiger partial charge in [-0.05, 0) is 54.4 Å². The number of hydrogen-bond acceptors (Lipinski definition) is 3. The van der Waals surface area contributed by atoms with E-state index < -0.39 is 9.84 Å². The molecule has 0 bridgehead atoms. The summed E-state index contributed by atoms with van der Waals surface area (Å²) in [5.74, 6) is 0. The first-order valence-electron chi connectivity index (χ1n) is 7.54. The molecule has 0 amide bonds. The Labute approximate surface area is 129 Å². The minimum Gasteiger partial charge on any atom is -0.382 e. The average Bonchev–Trinajstić information content (AvgIpc) is 2.23. The molecule has 2 rings (SSSR count). The van der Waals surface area contributed by atoms with Crippen LogP contribution in [0.15, 0.2) is 29.2 Å². The SMILES string of the molecule is CC1(C)CC(Nc2ccc(S(C)(=O)=O)cc2)CC(C)(C)C1. The first kappa shape index (κ1) is 16.3. The van der Waals surface area contributed by atoms with E-state index in [1.165, 1.54) is 12.7 Å². The molecule has 1 fully saturated rings. The molecule has 0 aromatic heterocycles. The topological polar surface area (TPSA) is 46.2 Å². The molecule has 4 heteroatoms. The van der Waals surface area contributed by atoms with Crippen molar-refractivity contribution in [3.8, 4) is 0 Å². The monoisotopic (exact) mass is 309 g/mol. The van der Waals surface area contributed by atoms with Crippen molar-refractivity contribution in [2.75, 3.05) is 11.6 Å². The molecule has 1 aliphatic carbocycles. The van der Waals surface area contributed by atoms with Gasteiger partial charge in [0.1, 0.15) is 0 Å². The van der Waals surface area contributed by atoms with Crippen molar-refractivity contribution in [2.24, 2.45) is 10.8 Å². The Hall–Kier alpha value is -1.03. The second-order valence-corrected chi connectivity index (χ2v) is 10.1. The van der Waals surface area contributed by atoms with Gasteiger partial charge in [-0.2, -0.15) is 0 Å². The van der Waals surface area contributed by atoms with Gasteiger partial charge in [-0.25, -0.2) is 8.42 Å². The lowest BCUT2D eigenvalue weighted by Crippen LogP contribution is -2.40. The molecule has 0 unspecified atom stereocenters. The molecule has 0 spiro atoms. The Balaban J connectivity index is 2.11. The Morgan fingerprint density at radius 3 is 1.90 bits per heavy atom. The maximum absolute atomic E-state index is 11.5. The van der Waals surface area contributed by atoms with Crippen molar-refractivity contribution in [3.63, 3.8) is 0 Å². The van der Waals surface area contributed by atoms with Crippen LogP contribution in [0.3, 0.4) is 0 Å². The van der Waals surface area contributed by atoms with E-state index in [0.717, 1.165) is 18.5 Å². The number of hydrogen-bond donors (Lipinski definition) is 1. The third-order valence-corrected chi connectivity index (χ3v) is 5.34. The highest BCUT2D eigenvalue weighted by molar-refractivity contribution is 7.90. The molecule has 1 aromatic rings. The van der Waals surface area contributed by atoms with Crippen LogP contribution in [0.4, 0.5) is 5.69 Å². The molecule has 0 saturated heterocycles. The Bertz CT molecular complexity index is 584. The lowest BCUT2D eigenvalue weighted by Gasteiger charge is -2.45. The van der Waals surface area contributed by atoms with E-state index in [-0.39, 0.29) is 0 Å². The summed E-state index contributed by atoms with van der Waals surface area (Å²) in [7, 11) is -3.12. The van der Waals surface area contributed by atoms with Gasteiger partial charge in [-0.1, -0.05) is 27.7 Å². The van der Waals surface area contributed by atoms with Crippen LogP contribution in [-0.4, -0.2) is 20.7 Å². The highest BCUT2D eigenvalue weighted by Crippen LogP contribution is 2.46. The van der Waals surface area contributed by atoms with Gasteiger partial charge in [-0.3, -0.25) is 0 Å². The summed E-state index contributed by atoms with van der Waals surface area (Å²) in [6, 6.07) is 7.52. The highest BCUT2D eigenvalue weighted by atomic mass is 32.2. The lowest BCUT2D eigenvalue weighted by atomic mass is 9.63. The second-order valence-electron chi connectivity index (χ2n) is 8.05. The summed E-state index contributed by atoms with van der Waals surface area (Å²) in [5.41, 5.74) is 1.68. The number of benzene rings is 1. The molecule has 0 aliphatic heterocycles. The number of rotatable bonds is 3. The minimum atomic E-state index is -3.12. The molecular formula is C17H27NO2S. The van der Waals surface area contributed by atoms with Crippen LogP contribution in [-0.2, 0) is 9.84 Å². The van der Waals surface area contributed by atoms with Crippen LogP contribution in [0.2, 0.25) is 0 Å². The number of sulfone groups is 1. The normalized spacial score (nSPS) is 22.0. The zero-order valence-electron chi connectivity index (χ0n) is 13.7. The lowest BCUT2D eigenvalue weighted by molar-refractivity contribution is 0.105. The molecular weight excluding hydrogens is 282 g/mol. The van der Waals surface area contributed by atoms with Crippen molar-refractivity contribution in [1.82, 2.24) is 0 Å². The molecule has 1 saturated carbocycles. The average molecular weight is 309 g/mol. The standard InChI is InChI=1S/C17H27NO2S/c1-16(2)10-14(11-17(3,4)12-16)18-13-6-8-15(9-7-13)21(5,19)20/h6-9,14,18H,10-12H2,1-5H3. The molecule has 1 aliphatic rings. The fraction of sp³-hybridized carbons (Fsp3) is 0.647. The summed E-state index contributed by atoms with van der Waals surface area (Å²) in [6.07, 6.45) is 4.77. The summed E-state index contributed by atoms with van der Waals surface area (Å²) in [5, 5.41) is 3.58. The highest BCUT2D eigenvalue weighted by Gasteiger charge is 2.38. The van der Waals surface area contributed by atoms with Gasteiger partial charge < -0.3 is 5.32 Å². The van der Waals surface area contributed by atoms with Gasteiger partial charge >= 0.3 is 0 Å². The van der Waals surface area contributed by atoms with Crippen LogP contribution < -0.4 is 5.32 Å². The van der Waals surface area contributed by atoms with E-state index in [0.29, 0.717) is 21.8 Å².